The number of hydrogen-bond donors (Lipinski definition) is 3. The number of amides is 1. The number of hydrogen-bond acceptors (Lipinski definition) is 4. The van der Waals surface area contributed by atoms with E-state index in [1.807, 2.05) is 42.5 Å². The van der Waals surface area contributed by atoms with Gasteiger partial charge >= 0.3 is 0 Å². The molecule has 1 fully saturated rings. The third-order valence-electron chi connectivity index (χ3n) is 5.35. The first kappa shape index (κ1) is 21.3. The molecule has 5 nitrogen and oxygen atoms in total. The summed E-state index contributed by atoms with van der Waals surface area (Å²) in [6, 6.07) is 17.0. The molecule has 0 saturated carbocycles. The summed E-state index contributed by atoms with van der Waals surface area (Å²) in [6.45, 7) is 3.21. The molecule has 156 valence electrons. The number of piperidine rings is 1. The Morgan fingerprint density at radius 2 is 1.97 bits per heavy atom. The third kappa shape index (κ3) is 7.52. The Morgan fingerprint density at radius 1 is 1.17 bits per heavy atom. The number of aliphatic hydroxyl groups excluding tert-OH is 1. The first-order valence-corrected chi connectivity index (χ1v) is 10.6. The highest BCUT2D eigenvalue weighted by Gasteiger charge is 2.12. The van der Waals surface area contributed by atoms with Crippen molar-refractivity contribution in [3.05, 3.63) is 65.7 Å². The van der Waals surface area contributed by atoms with Crippen LogP contribution >= 0.6 is 0 Å². The summed E-state index contributed by atoms with van der Waals surface area (Å²) in [5, 5.41) is 16.4. The Labute approximate surface area is 173 Å². The van der Waals surface area contributed by atoms with Crippen LogP contribution < -0.4 is 15.4 Å². The standard InChI is InChI=1S/C24H32N2O3/c27-22(16-19-6-2-1-3-7-19)18-26-24(28)21-10-12-23(13-11-21)29-15-5-9-20-8-4-14-25-17-20/h1-3,6-7,10-13,20,22,25,27H,4-5,8-9,14-18H2,(H,26,28). The molecule has 0 aliphatic carbocycles. The minimum absolute atomic E-state index is 0.187. The Hall–Kier alpha value is -2.37. The average molecular weight is 397 g/mol. The monoisotopic (exact) mass is 396 g/mol. The second-order valence-corrected chi connectivity index (χ2v) is 7.78. The lowest BCUT2D eigenvalue weighted by Gasteiger charge is -2.22. The SMILES string of the molecule is O=C(NCC(O)Cc1ccccc1)c1ccc(OCCCC2CCCNC2)cc1. The van der Waals surface area contributed by atoms with Gasteiger partial charge in [-0.3, -0.25) is 4.79 Å². The molecule has 1 aliphatic heterocycles. The van der Waals surface area contributed by atoms with Crippen LogP contribution in [0.25, 0.3) is 0 Å². The molecular weight excluding hydrogens is 364 g/mol. The van der Waals surface area contributed by atoms with Gasteiger partial charge in [-0.25, -0.2) is 0 Å². The molecule has 2 aromatic carbocycles. The number of nitrogens with one attached hydrogen (secondary N) is 2. The van der Waals surface area contributed by atoms with Crippen LogP contribution in [0, 0.1) is 5.92 Å². The van der Waals surface area contributed by atoms with Gasteiger partial charge in [0.1, 0.15) is 5.75 Å². The van der Waals surface area contributed by atoms with Gasteiger partial charge in [0.25, 0.3) is 5.91 Å². The molecule has 3 rings (SSSR count). The zero-order chi connectivity index (χ0) is 20.3. The van der Waals surface area contributed by atoms with Crippen molar-refractivity contribution in [3.8, 4) is 5.75 Å². The lowest BCUT2D eigenvalue weighted by atomic mass is 9.95. The average Bonchev–Trinajstić information content (AvgIpc) is 2.77. The van der Waals surface area contributed by atoms with Gasteiger partial charge in [-0.15, -0.1) is 0 Å². The highest BCUT2D eigenvalue weighted by atomic mass is 16.5. The molecule has 0 aromatic heterocycles. The van der Waals surface area contributed by atoms with Crippen LogP contribution in [0.5, 0.6) is 5.75 Å². The molecule has 2 atom stereocenters. The zero-order valence-corrected chi connectivity index (χ0v) is 17.0. The lowest BCUT2D eigenvalue weighted by Crippen LogP contribution is -2.33. The number of rotatable bonds is 10. The summed E-state index contributed by atoms with van der Waals surface area (Å²) in [5.41, 5.74) is 1.62. The van der Waals surface area contributed by atoms with Crippen molar-refractivity contribution in [2.75, 3.05) is 26.2 Å². The van der Waals surface area contributed by atoms with Crippen LogP contribution in [0.3, 0.4) is 0 Å². The minimum Gasteiger partial charge on any atom is -0.494 e. The fourth-order valence-electron chi connectivity index (χ4n) is 3.71. The van der Waals surface area contributed by atoms with E-state index in [1.165, 1.54) is 19.3 Å². The molecule has 1 aliphatic rings. The van der Waals surface area contributed by atoms with Gasteiger partial charge in [-0.1, -0.05) is 30.3 Å². The van der Waals surface area contributed by atoms with E-state index in [0.29, 0.717) is 18.6 Å². The first-order valence-electron chi connectivity index (χ1n) is 10.6. The smallest absolute Gasteiger partial charge is 0.251 e. The predicted octanol–water partition coefficient (Wildman–Crippen LogP) is 3.18. The number of ether oxygens (including phenoxy) is 1. The lowest BCUT2D eigenvalue weighted by molar-refractivity contribution is 0.0916. The van der Waals surface area contributed by atoms with E-state index in [0.717, 1.165) is 36.7 Å². The summed E-state index contributed by atoms with van der Waals surface area (Å²) < 4.78 is 5.80. The molecule has 3 N–H and O–H groups in total. The maximum atomic E-state index is 12.3. The maximum absolute atomic E-state index is 12.3. The molecule has 0 spiro atoms. The first-order chi connectivity index (χ1) is 14.2. The Bertz CT molecular complexity index is 728. The van der Waals surface area contributed by atoms with Crippen LogP contribution in [0.4, 0.5) is 0 Å². The van der Waals surface area contributed by atoms with Crippen molar-refractivity contribution in [1.29, 1.82) is 0 Å². The molecule has 1 amide bonds. The van der Waals surface area contributed by atoms with Gasteiger partial charge < -0.3 is 20.5 Å². The van der Waals surface area contributed by atoms with Gasteiger partial charge in [0.05, 0.1) is 12.7 Å². The van der Waals surface area contributed by atoms with Crippen molar-refractivity contribution in [2.45, 2.75) is 38.2 Å². The quantitative estimate of drug-likeness (QED) is 0.540. The van der Waals surface area contributed by atoms with Crippen molar-refractivity contribution in [3.63, 3.8) is 0 Å². The highest BCUT2D eigenvalue weighted by molar-refractivity contribution is 5.94. The van der Waals surface area contributed by atoms with E-state index in [9.17, 15) is 9.90 Å². The molecule has 0 radical (unpaired) electrons. The number of aliphatic hydroxyl groups is 1. The maximum Gasteiger partial charge on any atom is 0.251 e. The van der Waals surface area contributed by atoms with Crippen LogP contribution in [0.15, 0.2) is 54.6 Å². The fourth-order valence-corrected chi connectivity index (χ4v) is 3.71. The zero-order valence-electron chi connectivity index (χ0n) is 17.0. The molecule has 29 heavy (non-hydrogen) atoms. The molecule has 5 heteroatoms. The third-order valence-corrected chi connectivity index (χ3v) is 5.35. The van der Waals surface area contributed by atoms with Gasteiger partial charge in [-0.2, -0.15) is 0 Å². The van der Waals surface area contributed by atoms with E-state index in [1.54, 1.807) is 12.1 Å². The van der Waals surface area contributed by atoms with E-state index < -0.39 is 6.10 Å². The van der Waals surface area contributed by atoms with Gasteiger partial charge in [0.15, 0.2) is 0 Å². The van der Waals surface area contributed by atoms with E-state index in [4.69, 9.17) is 4.74 Å². The van der Waals surface area contributed by atoms with E-state index >= 15 is 0 Å². The van der Waals surface area contributed by atoms with Gasteiger partial charge in [-0.05, 0) is 74.5 Å². The second kappa shape index (κ2) is 11.6. The molecule has 2 aromatic rings. The molecule has 0 bridgehead atoms. The van der Waals surface area contributed by atoms with Gasteiger partial charge in [0, 0.05) is 18.5 Å². The molecule has 1 heterocycles. The fraction of sp³-hybridized carbons (Fsp3) is 0.458. The van der Waals surface area contributed by atoms with Gasteiger partial charge in [0.2, 0.25) is 0 Å². The van der Waals surface area contributed by atoms with Crippen molar-refractivity contribution < 1.29 is 14.6 Å². The molecule has 2 unspecified atom stereocenters. The van der Waals surface area contributed by atoms with Crippen LogP contribution in [0.1, 0.15) is 41.6 Å². The topological polar surface area (TPSA) is 70.6 Å². The second-order valence-electron chi connectivity index (χ2n) is 7.78. The Kier molecular flexibility index (Phi) is 8.53. The van der Waals surface area contributed by atoms with Crippen molar-refractivity contribution in [2.24, 2.45) is 5.92 Å². The number of benzene rings is 2. The van der Waals surface area contributed by atoms with Crippen LogP contribution in [0.2, 0.25) is 0 Å². The summed E-state index contributed by atoms with van der Waals surface area (Å²) in [4.78, 5) is 12.3. The largest absolute Gasteiger partial charge is 0.494 e. The summed E-state index contributed by atoms with van der Waals surface area (Å²) >= 11 is 0. The Balaban J connectivity index is 1.34. The van der Waals surface area contributed by atoms with E-state index in [2.05, 4.69) is 10.6 Å². The van der Waals surface area contributed by atoms with E-state index in [-0.39, 0.29) is 12.5 Å². The predicted molar refractivity (Wildman–Crippen MR) is 115 cm³/mol. The van der Waals surface area contributed by atoms with Crippen LogP contribution in [-0.2, 0) is 6.42 Å². The highest BCUT2D eigenvalue weighted by Crippen LogP contribution is 2.17. The molecule has 1 saturated heterocycles. The number of carbonyl (C=O) groups is 1. The Morgan fingerprint density at radius 3 is 2.69 bits per heavy atom. The van der Waals surface area contributed by atoms with Crippen LogP contribution in [-0.4, -0.2) is 43.4 Å². The summed E-state index contributed by atoms with van der Waals surface area (Å²) in [7, 11) is 0. The molecular formula is C24H32N2O3. The minimum atomic E-state index is -0.608. The number of carbonyl (C=O) groups excluding carboxylic acids is 1. The summed E-state index contributed by atoms with van der Waals surface area (Å²) in [6.07, 6.45) is 4.75. The van der Waals surface area contributed by atoms with Crippen molar-refractivity contribution in [1.82, 2.24) is 10.6 Å². The van der Waals surface area contributed by atoms with Crippen molar-refractivity contribution >= 4 is 5.91 Å². The summed E-state index contributed by atoms with van der Waals surface area (Å²) in [5.74, 6) is 1.37. The normalized spacial score (nSPS) is 17.5.